The average molecular weight is 511 g/mol. The Morgan fingerprint density at radius 2 is 1.73 bits per heavy atom. The predicted molar refractivity (Wildman–Crippen MR) is 135 cm³/mol. The highest BCUT2D eigenvalue weighted by atomic mass is 19.2. The molecule has 194 valence electrons. The van der Waals surface area contributed by atoms with Crippen LogP contribution in [0.3, 0.4) is 0 Å². The molecular formula is C30H29F3O4. The number of aliphatic hydroxyl groups is 1. The fourth-order valence-electron chi connectivity index (χ4n) is 4.69. The van der Waals surface area contributed by atoms with E-state index >= 15 is 0 Å². The number of benzene rings is 3. The van der Waals surface area contributed by atoms with E-state index in [4.69, 9.17) is 9.47 Å². The van der Waals surface area contributed by atoms with Crippen LogP contribution >= 0.6 is 0 Å². The number of rotatable bonds is 8. The van der Waals surface area contributed by atoms with Gasteiger partial charge in [-0.1, -0.05) is 43.0 Å². The van der Waals surface area contributed by atoms with E-state index in [1.165, 1.54) is 18.2 Å². The molecule has 0 spiro atoms. The number of esters is 1. The van der Waals surface area contributed by atoms with E-state index in [1.807, 2.05) is 0 Å². The molecule has 1 saturated carbocycles. The van der Waals surface area contributed by atoms with E-state index in [9.17, 15) is 23.1 Å². The molecule has 0 radical (unpaired) electrons. The first-order valence-corrected chi connectivity index (χ1v) is 12.3. The van der Waals surface area contributed by atoms with E-state index in [1.54, 1.807) is 49.4 Å². The summed E-state index contributed by atoms with van der Waals surface area (Å²) in [5, 5.41) is 9.63. The third kappa shape index (κ3) is 6.05. The maximum atomic E-state index is 14.8. The van der Waals surface area contributed by atoms with Gasteiger partial charge < -0.3 is 14.6 Å². The number of carbonyl (C=O) groups excluding carboxylic acids is 1. The van der Waals surface area contributed by atoms with Gasteiger partial charge in [-0.15, -0.1) is 0 Å². The van der Waals surface area contributed by atoms with Crippen molar-refractivity contribution in [1.29, 1.82) is 0 Å². The Kier molecular flexibility index (Phi) is 8.34. The van der Waals surface area contributed by atoms with Crippen LogP contribution in [-0.2, 0) is 4.79 Å². The lowest BCUT2D eigenvalue weighted by Crippen LogP contribution is -2.25. The van der Waals surface area contributed by atoms with Gasteiger partial charge in [-0.2, -0.15) is 4.39 Å². The highest BCUT2D eigenvalue weighted by molar-refractivity contribution is 5.76. The summed E-state index contributed by atoms with van der Waals surface area (Å²) in [7, 11) is 0. The van der Waals surface area contributed by atoms with Crippen molar-refractivity contribution in [2.45, 2.75) is 44.6 Å². The van der Waals surface area contributed by atoms with Crippen molar-refractivity contribution >= 4 is 5.97 Å². The van der Waals surface area contributed by atoms with Crippen LogP contribution in [0.25, 0.3) is 11.1 Å². The summed E-state index contributed by atoms with van der Waals surface area (Å²) in [5.74, 6) is -3.90. The summed E-state index contributed by atoms with van der Waals surface area (Å²) in [5.41, 5.74) is 1.69. The Balaban J connectivity index is 1.38. The largest absolute Gasteiger partial charge is 0.489 e. The minimum atomic E-state index is -1.24. The highest BCUT2D eigenvalue weighted by Crippen LogP contribution is 2.39. The van der Waals surface area contributed by atoms with Crippen LogP contribution in [0.1, 0.15) is 55.8 Å². The van der Waals surface area contributed by atoms with Crippen LogP contribution < -0.4 is 9.47 Å². The molecule has 4 nitrogen and oxygen atoms in total. The van der Waals surface area contributed by atoms with E-state index in [0.29, 0.717) is 48.1 Å². The molecule has 1 aliphatic carbocycles. The topological polar surface area (TPSA) is 55.8 Å². The second kappa shape index (κ2) is 11.6. The zero-order valence-electron chi connectivity index (χ0n) is 20.6. The minimum absolute atomic E-state index is 0.0258. The summed E-state index contributed by atoms with van der Waals surface area (Å²) < 4.78 is 54.8. The van der Waals surface area contributed by atoms with Crippen molar-refractivity contribution in [2.75, 3.05) is 6.61 Å². The molecule has 0 saturated heterocycles. The molecular weight excluding hydrogens is 481 g/mol. The fraction of sp³-hybridized carbons (Fsp3) is 0.300. The van der Waals surface area contributed by atoms with Crippen molar-refractivity contribution in [3.8, 4) is 22.6 Å². The van der Waals surface area contributed by atoms with E-state index < -0.39 is 35.4 Å². The normalized spacial score (nSPS) is 18.2. The van der Waals surface area contributed by atoms with Crippen LogP contribution in [0.5, 0.6) is 11.5 Å². The van der Waals surface area contributed by atoms with E-state index in [-0.39, 0.29) is 23.9 Å². The van der Waals surface area contributed by atoms with Gasteiger partial charge in [0.1, 0.15) is 18.2 Å². The Hall–Kier alpha value is -3.58. The maximum absolute atomic E-state index is 14.8. The first-order valence-electron chi connectivity index (χ1n) is 12.3. The number of carbonyl (C=O) groups is 1. The molecule has 0 amide bonds. The third-order valence-corrected chi connectivity index (χ3v) is 6.80. The predicted octanol–water partition coefficient (Wildman–Crippen LogP) is 7.27. The Bertz CT molecular complexity index is 1260. The molecule has 1 atom stereocenters. The Morgan fingerprint density at radius 3 is 2.35 bits per heavy atom. The molecule has 37 heavy (non-hydrogen) atoms. The molecule has 1 aliphatic rings. The number of ether oxygens (including phenoxy) is 2. The lowest BCUT2D eigenvalue weighted by Gasteiger charge is -2.28. The third-order valence-electron chi connectivity index (χ3n) is 6.80. The summed E-state index contributed by atoms with van der Waals surface area (Å²) in [6.07, 6.45) is 2.96. The standard InChI is InChI=1S/C30H29F3O4/c1-3-16-36-23-12-13-24(26(31)17-23)20-8-10-22(11-9-20)30(35)37-27-15-14-25(28(32)29(27)33)21-6-4-19(5-7-21)18(2)34/h3-7,12-15,17-18,20,22,34H,1,8-11,16H2,2H3. The molecule has 0 heterocycles. The second-order valence-electron chi connectivity index (χ2n) is 9.29. The van der Waals surface area contributed by atoms with Gasteiger partial charge in [0, 0.05) is 11.6 Å². The van der Waals surface area contributed by atoms with Gasteiger partial charge in [-0.05, 0) is 73.4 Å². The van der Waals surface area contributed by atoms with Crippen molar-refractivity contribution in [3.05, 3.63) is 95.8 Å². The fourth-order valence-corrected chi connectivity index (χ4v) is 4.69. The van der Waals surface area contributed by atoms with Gasteiger partial charge in [-0.3, -0.25) is 4.79 Å². The molecule has 4 rings (SSSR count). The zero-order valence-corrected chi connectivity index (χ0v) is 20.6. The van der Waals surface area contributed by atoms with Crippen LogP contribution in [0, 0.1) is 23.4 Å². The summed E-state index contributed by atoms with van der Waals surface area (Å²) in [4.78, 5) is 12.7. The first kappa shape index (κ1) is 26.5. The quantitative estimate of drug-likeness (QED) is 0.197. The van der Waals surface area contributed by atoms with Gasteiger partial charge in [-0.25, -0.2) is 8.78 Å². The molecule has 1 unspecified atom stereocenters. The summed E-state index contributed by atoms with van der Waals surface area (Å²) >= 11 is 0. The number of hydrogen-bond donors (Lipinski definition) is 1. The van der Waals surface area contributed by atoms with Crippen molar-refractivity contribution in [2.24, 2.45) is 5.92 Å². The SMILES string of the molecule is C=CCOc1ccc(C2CCC(C(=O)Oc3ccc(-c4ccc(C(C)O)cc4)c(F)c3F)CC2)c(F)c1. The summed E-state index contributed by atoms with van der Waals surface area (Å²) in [6.45, 7) is 5.47. The smallest absolute Gasteiger partial charge is 0.314 e. The molecule has 1 fully saturated rings. The van der Waals surface area contributed by atoms with Gasteiger partial charge in [0.25, 0.3) is 0 Å². The maximum Gasteiger partial charge on any atom is 0.314 e. The highest BCUT2D eigenvalue weighted by Gasteiger charge is 2.30. The Labute approximate surface area is 214 Å². The van der Waals surface area contributed by atoms with E-state index in [0.717, 1.165) is 0 Å². The lowest BCUT2D eigenvalue weighted by atomic mass is 9.78. The number of halogens is 3. The molecule has 0 aliphatic heterocycles. The minimum Gasteiger partial charge on any atom is -0.489 e. The van der Waals surface area contributed by atoms with Crippen molar-refractivity contribution in [3.63, 3.8) is 0 Å². The van der Waals surface area contributed by atoms with Gasteiger partial charge >= 0.3 is 5.97 Å². The van der Waals surface area contributed by atoms with Gasteiger partial charge in [0.05, 0.1) is 12.0 Å². The lowest BCUT2D eigenvalue weighted by molar-refractivity contribution is -0.140. The molecule has 7 heteroatoms. The molecule has 0 aromatic heterocycles. The molecule has 3 aromatic carbocycles. The first-order chi connectivity index (χ1) is 17.8. The molecule has 0 bridgehead atoms. The molecule has 3 aromatic rings. The van der Waals surface area contributed by atoms with Crippen LogP contribution in [0.4, 0.5) is 13.2 Å². The summed E-state index contributed by atoms with van der Waals surface area (Å²) in [6, 6.07) is 13.8. The monoisotopic (exact) mass is 510 g/mol. The average Bonchev–Trinajstić information content (AvgIpc) is 2.90. The zero-order chi connectivity index (χ0) is 26.5. The second-order valence-corrected chi connectivity index (χ2v) is 9.29. The number of hydrogen-bond acceptors (Lipinski definition) is 4. The van der Waals surface area contributed by atoms with Crippen LogP contribution in [0.15, 0.2) is 67.3 Å². The van der Waals surface area contributed by atoms with Crippen molar-refractivity contribution in [1.82, 2.24) is 0 Å². The van der Waals surface area contributed by atoms with E-state index in [2.05, 4.69) is 6.58 Å². The number of aliphatic hydroxyl groups excluding tert-OH is 1. The van der Waals surface area contributed by atoms with Gasteiger partial charge in [0.15, 0.2) is 11.6 Å². The molecule has 1 N–H and O–H groups in total. The van der Waals surface area contributed by atoms with Crippen LogP contribution in [-0.4, -0.2) is 17.7 Å². The van der Waals surface area contributed by atoms with Gasteiger partial charge in [0.2, 0.25) is 5.82 Å². The van der Waals surface area contributed by atoms with Crippen molar-refractivity contribution < 1.29 is 32.5 Å². The van der Waals surface area contributed by atoms with Crippen LogP contribution in [0.2, 0.25) is 0 Å². The Morgan fingerprint density at radius 1 is 1.03 bits per heavy atom.